The quantitative estimate of drug-likeness (QED) is 0.415. The molecule has 160 valence electrons. The van der Waals surface area contributed by atoms with Crippen LogP contribution in [0.2, 0.25) is 0 Å². The molecule has 2 N–H and O–H groups in total. The van der Waals surface area contributed by atoms with E-state index in [4.69, 9.17) is 4.74 Å². The number of aromatic nitrogens is 4. The smallest absolute Gasteiger partial charge is 0.241 e. The van der Waals surface area contributed by atoms with Gasteiger partial charge in [0, 0.05) is 29.6 Å². The van der Waals surface area contributed by atoms with Crippen LogP contribution in [0.15, 0.2) is 79.0 Å². The van der Waals surface area contributed by atoms with E-state index in [1.807, 2.05) is 66.9 Å². The molecule has 32 heavy (non-hydrogen) atoms. The number of hydrogen-bond acceptors (Lipinski definition) is 4. The monoisotopic (exact) mass is 425 g/mol. The number of H-pyrrole nitrogens is 1. The highest BCUT2D eigenvalue weighted by molar-refractivity contribution is 5.84. The minimum absolute atomic E-state index is 0.0199. The lowest BCUT2D eigenvalue weighted by molar-refractivity contribution is -0.121. The molecule has 0 aliphatic carbocycles. The van der Waals surface area contributed by atoms with Crippen molar-refractivity contribution in [3.63, 3.8) is 0 Å². The maximum Gasteiger partial charge on any atom is 0.241 e. The second-order valence-electron chi connectivity index (χ2n) is 7.66. The Labute approximate surface area is 185 Å². The first-order valence-electron chi connectivity index (χ1n) is 10.5. The summed E-state index contributed by atoms with van der Waals surface area (Å²) in [6.45, 7) is 0.573. The number of hydrogen-bond donors (Lipinski definition) is 2. The average Bonchev–Trinajstić information content (AvgIpc) is 3.44. The number of benzene rings is 3. The Morgan fingerprint density at radius 1 is 1.06 bits per heavy atom. The van der Waals surface area contributed by atoms with Crippen molar-refractivity contribution >= 4 is 27.8 Å². The number of para-hydroxylation sites is 2. The van der Waals surface area contributed by atoms with Gasteiger partial charge in [-0.05, 0) is 41.5 Å². The van der Waals surface area contributed by atoms with E-state index in [1.54, 1.807) is 11.8 Å². The van der Waals surface area contributed by atoms with Crippen molar-refractivity contribution in [3.8, 4) is 5.75 Å². The molecule has 1 amide bonds. The molecule has 0 aliphatic heterocycles. The SMILES string of the molecule is COc1ccc(C(CNC(=O)Cn2nnc3ccccc32)c2c[nH]c3ccccc23)cc1. The summed E-state index contributed by atoms with van der Waals surface area (Å²) in [6, 6.07) is 23.8. The summed E-state index contributed by atoms with van der Waals surface area (Å²) in [5, 5.41) is 12.5. The van der Waals surface area contributed by atoms with Crippen LogP contribution in [0.3, 0.4) is 0 Å². The van der Waals surface area contributed by atoms with Crippen molar-refractivity contribution in [1.29, 1.82) is 0 Å². The van der Waals surface area contributed by atoms with Gasteiger partial charge in [-0.3, -0.25) is 4.79 Å². The Hall–Kier alpha value is -4.13. The zero-order chi connectivity index (χ0) is 21.9. The standard InChI is InChI=1S/C25H23N5O2/c1-32-18-12-10-17(11-13-18)20(21-15-26-22-7-3-2-6-19(21)22)14-27-25(31)16-30-24-9-5-4-8-23(24)28-29-30/h2-13,15,20,26H,14,16H2,1H3,(H,27,31). The number of aromatic amines is 1. The number of amides is 1. The minimum Gasteiger partial charge on any atom is -0.497 e. The van der Waals surface area contributed by atoms with Gasteiger partial charge in [-0.15, -0.1) is 5.10 Å². The molecule has 5 rings (SSSR count). The minimum atomic E-state index is -0.112. The number of carbonyl (C=O) groups excluding carboxylic acids is 1. The molecule has 2 aromatic heterocycles. The van der Waals surface area contributed by atoms with Gasteiger partial charge in [0.15, 0.2) is 0 Å². The van der Waals surface area contributed by atoms with Crippen LogP contribution in [-0.4, -0.2) is 39.5 Å². The third-order valence-electron chi connectivity index (χ3n) is 5.73. The van der Waals surface area contributed by atoms with Gasteiger partial charge >= 0.3 is 0 Å². The highest BCUT2D eigenvalue weighted by atomic mass is 16.5. The Morgan fingerprint density at radius 3 is 2.69 bits per heavy atom. The molecule has 7 nitrogen and oxygen atoms in total. The summed E-state index contributed by atoms with van der Waals surface area (Å²) in [6.07, 6.45) is 2.02. The lowest BCUT2D eigenvalue weighted by Crippen LogP contribution is -2.32. The van der Waals surface area contributed by atoms with Crippen LogP contribution < -0.4 is 10.1 Å². The van der Waals surface area contributed by atoms with E-state index in [9.17, 15) is 4.79 Å². The molecule has 0 aliphatic rings. The van der Waals surface area contributed by atoms with E-state index in [1.165, 1.54) is 0 Å². The van der Waals surface area contributed by atoms with Gasteiger partial charge in [-0.25, -0.2) is 4.68 Å². The Balaban J connectivity index is 1.39. The summed E-state index contributed by atoms with van der Waals surface area (Å²) in [5.41, 5.74) is 4.92. The normalized spacial score (nSPS) is 12.2. The van der Waals surface area contributed by atoms with Gasteiger partial charge in [0.2, 0.25) is 5.91 Å². The van der Waals surface area contributed by atoms with Crippen LogP contribution in [0.5, 0.6) is 5.75 Å². The maximum atomic E-state index is 12.8. The van der Waals surface area contributed by atoms with Crippen LogP contribution in [0.1, 0.15) is 17.0 Å². The van der Waals surface area contributed by atoms with Crippen LogP contribution in [-0.2, 0) is 11.3 Å². The van der Waals surface area contributed by atoms with Crippen LogP contribution in [0, 0.1) is 0 Å². The van der Waals surface area contributed by atoms with Crippen molar-refractivity contribution in [2.24, 2.45) is 0 Å². The van der Waals surface area contributed by atoms with Crippen molar-refractivity contribution < 1.29 is 9.53 Å². The number of ether oxygens (including phenoxy) is 1. The van der Waals surface area contributed by atoms with Gasteiger partial charge in [0.05, 0.1) is 12.6 Å². The fourth-order valence-electron chi connectivity index (χ4n) is 4.07. The summed E-state index contributed by atoms with van der Waals surface area (Å²) < 4.78 is 6.93. The number of nitrogens with one attached hydrogen (secondary N) is 2. The first-order chi connectivity index (χ1) is 15.7. The Kier molecular flexibility index (Phi) is 5.29. The molecule has 3 aromatic carbocycles. The van der Waals surface area contributed by atoms with E-state index in [2.05, 4.69) is 32.7 Å². The number of nitrogens with zero attached hydrogens (tertiary/aromatic N) is 3. The second kappa shape index (κ2) is 8.55. The van der Waals surface area contributed by atoms with Gasteiger partial charge in [-0.1, -0.05) is 47.7 Å². The topological polar surface area (TPSA) is 84.8 Å². The second-order valence-corrected chi connectivity index (χ2v) is 7.66. The van der Waals surface area contributed by atoms with Crippen LogP contribution in [0.25, 0.3) is 21.9 Å². The van der Waals surface area contributed by atoms with Crippen molar-refractivity contribution in [3.05, 3.63) is 90.1 Å². The molecular formula is C25H23N5O2. The summed E-state index contributed by atoms with van der Waals surface area (Å²) in [7, 11) is 1.65. The molecule has 0 saturated carbocycles. The van der Waals surface area contributed by atoms with Crippen LogP contribution in [0.4, 0.5) is 0 Å². The van der Waals surface area contributed by atoms with Crippen molar-refractivity contribution in [2.75, 3.05) is 13.7 Å². The first kappa shape index (κ1) is 19.8. The molecule has 0 bridgehead atoms. The molecule has 0 radical (unpaired) electrons. The van der Waals surface area contributed by atoms with E-state index >= 15 is 0 Å². The largest absolute Gasteiger partial charge is 0.497 e. The fraction of sp³-hybridized carbons (Fsp3) is 0.160. The Morgan fingerprint density at radius 2 is 1.84 bits per heavy atom. The predicted molar refractivity (Wildman–Crippen MR) is 124 cm³/mol. The molecule has 0 saturated heterocycles. The summed E-state index contributed by atoms with van der Waals surface area (Å²) in [5.74, 6) is 0.668. The lowest BCUT2D eigenvalue weighted by Gasteiger charge is -2.19. The average molecular weight is 425 g/mol. The highest BCUT2D eigenvalue weighted by Crippen LogP contribution is 2.31. The molecule has 0 spiro atoms. The molecule has 1 unspecified atom stereocenters. The molecule has 2 heterocycles. The summed E-state index contributed by atoms with van der Waals surface area (Å²) >= 11 is 0. The molecule has 1 atom stereocenters. The zero-order valence-electron chi connectivity index (χ0n) is 17.7. The van der Waals surface area contributed by atoms with Gasteiger partial charge in [-0.2, -0.15) is 0 Å². The van der Waals surface area contributed by atoms with E-state index in [0.29, 0.717) is 6.54 Å². The van der Waals surface area contributed by atoms with Gasteiger partial charge in [0.25, 0.3) is 0 Å². The van der Waals surface area contributed by atoms with Gasteiger partial charge in [0.1, 0.15) is 17.8 Å². The maximum absolute atomic E-state index is 12.8. The lowest BCUT2D eigenvalue weighted by atomic mass is 9.91. The Bertz CT molecular complexity index is 1370. The molecule has 7 heteroatoms. The zero-order valence-corrected chi connectivity index (χ0v) is 17.7. The van der Waals surface area contributed by atoms with Gasteiger partial charge < -0.3 is 15.0 Å². The molecule has 0 fully saturated rings. The first-order valence-corrected chi connectivity index (χ1v) is 10.5. The summed E-state index contributed by atoms with van der Waals surface area (Å²) in [4.78, 5) is 16.1. The van der Waals surface area contributed by atoms with E-state index in [0.717, 1.165) is 38.8 Å². The highest BCUT2D eigenvalue weighted by Gasteiger charge is 2.20. The number of fused-ring (bicyclic) bond motifs is 2. The van der Waals surface area contributed by atoms with Crippen LogP contribution >= 0.6 is 0 Å². The molecular weight excluding hydrogens is 402 g/mol. The predicted octanol–water partition coefficient (Wildman–Crippen LogP) is 3.87. The number of rotatable bonds is 7. The number of methoxy groups -OCH3 is 1. The number of carbonyl (C=O) groups is 1. The third-order valence-corrected chi connectivity index (χ3v) is 5.73. The van der Waals surface area contributed by atoms with E-state index in [-0.39, 0.29) is 18.4 Å². The van der Waals surface area contributed by atoms with Crippen molar-refractivity contribution in [2.45, 2.75) is 12.5 Å². The van der Waals surface area contributed by atoms with Crippen molar-refractivity contribution in [1.82, 2.24) is 25.3 Å². The molecule has 5 aromatic rings. The van der Waals surface area contributed by atoms with E-state index < -0.39 is 0 Å². The third kappa shape index (κ3) is 3.80. The fourth-order valence-corrected chi connectivity index (χ4v) is 4.07.